The average Bonchev–Trinajstić information content (AvgIpc) is 2.56. The summed E-state index contributed by atoms with van der Waals surface area (Å²) in [6.45, 7) is 3.78. The van der Waals surface area contributed by atoms with E-state index in [1.807, 2.05) is 0 Å². The van der Waals surface area contributed by atoms with Gasteiger partial charge in [-0.1, -0.05) is 0 Å². The SMILES string of the molecule is CC(NC(=O)C(NC(=O)C(C)NC(=O)C(N)CCC(N)=O)C(C)O)C(=O)O. The number of primary amides is 1. The molecule has 9 N–H and O–H groups in total. The Morgan fingerprint density at radius 2 is 1.41 bits per heavy atom. The number of nitrogens with one attached hydrogen (secondary N) is 3. The van der Waals surface area contributed by atoms with Crippen molar-refractivity contribution < 1.29 is 34.2 Å². The first-order valence-electron chi connectivity index (χ1n) is 8.22. The molecule has 0 spiro atoms. The van der Waals surface area contributed by atoms with Crippen LogP contribution in [-0.2, 0) is 24.0 Å². The fourth-order valence-electron chi connectivity index (χ4n) is 1.86. The molecule has 4 amide bonds. The number of hydrogen-bond donors (Lipinski definition) is 7. The highest BCUT2D eigenvalue weighted by atomic mass is 16.4. The van der Waals surface area contributed by atoms with E-state index in [2.05, 4.69) is 16.0 Å². The maximum atomic E-state index is 12.2. The molecular formula is C15H27N5O7. The number of aliphatic carboxylic acids is 1. The van der Waals surface area contributed by atoms with Crippen LogP contribution in [0, 0.1) is 0 Å². The van der Waals surface area contributed by atoms with Crippen molar-refractivity contribution in [3.8, 4) is 0 Å². The molecule has 154 valence electrons. The number of carboxylic acids is 1. The van der Waals surface area contributed by atoms with Gasteiger partial charge in [-0.15, -0.1) is 0 Å². The Bertz CT molecular complexity index is 581. The maximum Gasteiger partial charge on any atom is 0.325 e. The van der Waals surface area contributed by atoms with Gasteiger partial charge in [-0.05, 0) is 27.2 Å². The Morgan fingerprint density at radius 3 is 1.85 bits per heavy atom. The van der Waals surface area contributed by atoms with E-state index in [0.29, 0.717) is 0 Å². The maximum absolute atomic E-state index is 12.2. The molecule has 0 radical (unpaired) electrons. The van der Waals surface area contributed by atoms with Crippen molar-refractivity contribution in [3.05, 3.63) is 0 Å². The van der Waals surface area contributed by atoms with Crippen LogP contribution < -0.4 is 27.4 Å². The number of hydrogen-bond acceptors (Lipinski definition) is 7. The smallest absolute Gasteiger partial charge is 0.325 e. The van der Waals surface area contributed by atoms with E-state index in [1.54, 1.807) is 0 Å². The molecule has 27 heavy (non-hydrogen) atoms. The summed E-state index contributed by atoms with van der Waals surface area (Å²) in [5.74, 6) is -4.30. The molecule has 0 aliphatic rings. The molecule has 0 fully saturated rings. The highest BCUT2D eigenvalue weighted by Gasteiger charge is 2.30. The number of rotatable bonds is 11. The fraction of sp³-hybridized carbons (Fsp3) is 0.667. The second kappa shape index (κ2) is 11.1. The molecule has 0 saturated heterocycles. The van der Waals surface area contributed by atoms with Gasteiger partial charge in [-0.3, -0.25) is 24.0 Å². The van der Waals surface area contributed by atoms with Crippen LogP contribution in [0.2, 0.25) is 0 Å². The van der Waals surface area contributed by atoms with Crippen LogP contribution in [0.1, 0.15) is 33.6 Å². The van der Waals surface area contributed by atoms with Crippen LogP contribution >= 0.6 is 0 Å². The van der Waals surface area contributed by atoms with Crippen LogP contribution in [0.3, 0.4) is 0 Å². The lowest BCUT2D eigenvalue weighted by Crippen LogP contribution is -2.59. The van der Waals surface area contributed by atoms with Crippen molar-refractivity contribution in [1.82, 2.24) is 16.0 Å². The summed E-state index contributed by atoms with van der Waals surface area (Å²) in [5.41, 5.74) is 10.5. The minimum atomic E-state index is -1.43. The number of aliphatic hydroxyl groups is 1. The highest BCUT2D eigenvalue weighted by Crippen LogP contribution is 1.99. The molecule has 12 heteroatoms. The number of carbonyl (C=O) groups excluding carboxylic acids is 4. The van der Waals surface area contributed by atoms with Crippen LogP contribution in [0.15, 0.2) is 0 Å². The third-order valence-corrected chi connectivity index (χ3v) is 3.58. The van der Waals surface area contributed by atoms with Gasteiger partial charge < -0.3 is 37.6 Å². The van der Waals surface area contributed by atoms with Gasteiger partial charge in [0.1, 0.15) is 18.1 Å². The molecule has 0 aromatic heterocycles. The van der Waals surface area contributed by atoms with Gasteiger partial charge in [0.15, 0.2) is 0 Å². The number of carbonyl (C=O) groups is 5. The molecule has 5 atom stereocenters. The molecule has 0 aromatic rings. The van der Waals surface area contributed by atoms with E-state index in [4.69, 9.17) is 16.6 Å². The Labute approximate surface area is 156 Å². The zero-order chi connectivity index (χ0) is 21.3. The molecule has 0 rings (SSSR count). The molecule has 12 nitrogen and oxygen atoms in total. The van der Waals surface area contributed by atoms with Crippen molar-refractivity contribution >= 4 is 29.6 Å². The quantitative estimate of drug-likeness (QED) is 0.188. The average molecular weight is 389 g/mol. The Hall–Kier alpha value is -2.73. The molecule has 0 aliphatic heterocycles. The zero-order valence-corrected chi connectivity index (χ0v) is 15.4. The van der Waals surface area contributed by atoms with Gasteiger partial charge in [0.25, 0.3) is 0 Å². The number of aliphatic hydroxyl groups excluding tert-OH is 1. The van der Waals surface area contributed by atoms with E-state index in [-0.39, 0.29) is 12.8 Å². The van der Waals surface area contributed by atoms with E-state index in [1.165, 1.54) is 20.8 Å². The van der Waals surface area contributed by atoms with Crippen LogP contribution in [0.25, 0.3) is 0 Å². The molecule has 0 saturated carbocycles. The van der Waals surface area contributed by atoms with Gasteiger partial charge in [-0.2, -0.15) is 0 Å². The van der Waals surface area contributed by atoms with E-state index >= 15 is 0 Å². The summed E-state index contributed by atoms with van der Waals surface area (Å²) in [6.07, 6.45) is -1.42. The second-order valence-corrected chi connectivity index (χ2v) is 6.14. The zero-order valence-electron chi connectivity index (χ0n) is 15.4. The van der Waals surface area contributed by atoms with Gasteiger partial charge >= 0.3 is 5.97 Å². The van der Waals surface area contributed by atoms with Crippen LogP contribution in [0.5, 0.6) is 0 Å². The van der Waals surface area contributed by atoms with Gasteiger partial charge in [0.05, 0.1) is 12.1 Å². The Morgan fingerprint density at radius 1 is 0.889 bits per heavy atom. The van der Waals surface area contributed by atoms with Crippen LogP contribution in [-0.4, -0.2) is 70.1 Å². The lowest BCUT2D eigenvalue weighted by atomic mass is 10.1. The summed E-state index contributed by atoms with van der Waals surface area (Å²) in [5, 5.41) is 25.1. The van der Waals surface area contributed by atoms with E-state index in [9.17, 15) is 29.1 Å². The largest absolute Gasteiger partial charge is 0.480 e. The third-order valence-electron chi connectivity index (χ3n) is 3.58. The van der Waals surface area contributed by atoms with Crippen molar-refractivity contribution in [2.75, 3.05) is 0 Å². The summed E-state index contributed by atoms with van der Waals surface area (Å²) in [4.78, 5) is 57.6. The topological polar surface area (TPSA) is 214 Å². The van der Waals surface area contributed by atoms with Crippen molar-refractivity contribution in [3.63, 3.8) is 0 Å². The predicted octanol–water partition coefficient (Wildman–Crippen LogP) is -3.46. The summed E-state index contributed by atoms with van der Waals surface area (Å²) < 4.78 is 0. The van der Waals surface area contributed by atoms with Gasteiger partial charge in [-0.25, -0.2) is 0 Å². The first kappa shape index (κ1) is 24.3. The lowest BCUT2D eigenvalue weighted by molar-refractivity contribution is -0.142. The van der Waals surface area contributed by atoms with Crippen molar-refractivity contribution in [2.45, 2.75) is 63.9 Å². The van der Waals surface area contributed by atoms with E-state index < -0.39 is 59.9 Å². The first-order valence-corrected chi connectivity index (χ1v) is 8.22. The number of nitrogens with two attached hydrogens (primary N) is 2. The minimum absolute atomic E-state index is 0.00128. The second-order valence-electron chi connectivity index (χ2n) is 6.14. The monoisotopic (exact) mass is 389 g/mol. The molecular weight excluding hydrogens is 362 g/mol. The van der Waals surface area contributed by atoms with Crippen molar-refractivity contribution in [1.29, 1.82) is 0 Å². The van der Waals surface area contributed by atoms with E-state index in [0.717, 1.165) is 0 Å². The lowest BCUT2D eigenvalue weighted by Gasteiger charge is -2.24. The van der Waals surface area contributed by atoms with Gasteiger partial charge in [0, 0.05) is 6.42 Å². The first-order chi connectivity index (χ1) is 12.4. The molecule has 0 aromatic carbocycles. The number of carboxylic acid groups (broad SMARTS) is 1. The third kappa shape index (κ3) is 8.96. The van der Waals surface area contributed by atoms with Gasteiger partial charge in [0.2, 0.25) is 23.6 Å². The molecule has 5 unspecified atom stereocenters. The highest BCUT2D eigenvalue weighted by molar-refractivity contribution is 5.94. The summed E-state index contributed by atoms with van der Waals surface area (Å²) in [7, 11) is 0. The Kier molecular flexibility index (Phi) is 9.96. The molecule has 0 bridgehead atoms. The molecule has 0 aliphatic carbocycles. The molecule has 0 heterocycles. The summed E-state index contributed by atoms with van der Waals surface area (Å²) in [6, 6.07) is -4.82. The predicted molar refractivity (Wildman–Crippen MR) is 92.9 cm³/mol. The standard InChI is InChI=1S/C15H27N5O7/c1-6(18-13(24)9(16)4-5-10(17)22)12(23)20-11(8(3)21)14(25)19-7(2)15(26)27/h6-9,11,21H,4-5,16H2,1-3H3,(H2,17,22)(H,18,24)(H,19,25)(H,20,23)(H,26,27). The fourth-order valence-corrected chi connectivity index (χ4v) is 1.86. The minimum Gasteiger partial charge on any atom is -0.480 e. The van der Waals surface area contributed by atoms with Crippen LogP contribution in [0.4, 0.5) is 0 Å². The van der Waals surface area contributed by atoms with Crippen molar-refractivity contribution in [2.24, 2.45) is 11.5 Å². The summed E-state index contributed by atoms with van der Waals surface area (Å²) >= 11 is 0. The normalized spacial score (nSPS) is 16.2. The number of amides is 4. The Balaban J connectivity index is 4.79.